The maximum atomic E-state index is 13.5. The Morgan fingerprint density at radius 3 is 2.59 bits per heavy atom. The highest BCUT2D eigenvalue weighted by atomic mass is 32.2. The second-order valence-corrected chi connectivity index (χ2v) is 9.96. The first-order chi connectivity index (χ1) is 17.7. The molecule has 1 saturated heterocycles. The number of anilines is 1. The molecule has 0 amide bonds. The standard InChI is InChI=1S/C24H25F4N7OS/c1-30-20(5-9-29)22-17-6-10-31-14-18(17)23(33-32-22)35-11-7-16(8-12-35)34(2)37(36)21-4-3-15(25)13-19(21)24(26,27)28/h3-6,9-10,13-14,16,29-30H,7-8,11-12H2,1-2H3/b20-5-,29-9?. The number of nitrogens with one attached hydrogen (secondary N) is 2. The number of piperidine rings is 1. The summed E-state index contributed by atoms with van der Waals surface area (Å²) < 4.78 is 68.3. The van der Waals surface area contributed by atoms with E-state index in [9.17, 15) is 22.1 Å². The minimum atomic E-state index is -4.82. The molecule has 13 heteroatoms. The lowest BCUT2D eigenvalue weighted by atomic mass is 10.0. The molecule has 4 rings (SSSR count). The smallest absolute Gasteiger partial charge is 0.421 e. The lowest BCUT2D eigenvalue weighted by Crippen LogP contribution is -2.46. The zero-order valence-electron chi connectivity index (χ0n) is 20.1. The van der Waals surface area contributed by atoms with Gasteiger partial charge in [0.2, 0.25) is 0 Å². The predicted molar refractivity (Wildman–Crippen MR) is 134 cm³/mol. The van der Waals surface area contributed by atoms with E-state index in [4.69, 9.17) is 5.41 Å². The van der Waals surface area contributed by atoms with Gasteiger partial charge in [-0.25, -0.2) is 4.39 Å². The van der Waals surface area contributed by atoms with E-state index in [1.165, 1.54) is 11.4 Å². The summed E-state index contributed by atoms with van der Waals surface area (Å²) in [7, 11) is 3.25. The van der Waals surface area contributed by atoms with Crippen molar-refractivity contribution in [3.8, 4) is 0 Å². The molecule has 1 unspecified atom stereocenters. The second kappa shape index (κ2) is 11.0. The SMILES string of the molecule is CN/C(=C\C=N)c1nnc(N2CCC(N(C)[S+]([O-])c3ccc(F)cc3C(F)(F)F)CC2)c2cnccc12. The molecular weight excluding hydrogens is 510 g/mol. The van der Waals surface area contributed by atoms with Gasteiger partial charge in [-0.2, -0.15) is 13.2 Å². The van der Waals surface area contributed by atoms with Crippen LogP contribution in [-0.4, -0.2) is 63.5 Å². The van der Waals surface area contributed by atoms with Crippen LogP contribution in [0.15, 0.2) is 47.6 Å². The van der Waals surface area contributed by atoms with E-state index >= 15 is 0 Å². The van der Waals surface area contributed by atoms with Crippen LogP contribution in [0.25, 0.3) is 16.5 Å². The fraction of sp³-hybridized carbons (Fsp3) is 0.333. The number of alkyl halides is 3. The third-order valence-electron chi connectivity index (χ3n) is 6.31. The Bertz CT molecular complexity index is 1310. The van der Waals surface area contributed by atoms with Gasteiger partial charge in [0.15, 0.2) is 10.7 Å². The average molecular weight is 536 g/mol. The highest BCUT2D eigenvalue weighted by molar-refractivity contribution is 7.89. The van der Waals surface area contributed by atoms with E-state index in [1.54, 1.807) is 25.5 Å². The number of pyridine rings is 1. The van der Waals surface area contributed by atoms with Gasteiger partial charge < -0.3 is 20.2 Å². The summed E-state index contributed by atoms with van der Waals surface area (Å²) in [5.74, 6) is -0.412. The van der Waals surface area contributed by atoms with Crippen molar-refractivity contribution >= 4 is 39.9 Å². The summed E-state index contributed by atoms with van der Waals surface area (Å²) in [6.45, 7) is 1.02. The van der Waals surface area contributed by atoms with Gasteiger partial charge in [0.1, 0.15) is 17.1 Å². The maximum absolute atomic E-state index is 13.5. The predicted octanol–water partition coefficient (Wildman–Crippen LogP) is 4.02. The fourth-order valence-electron chi connectivity index (χ4n) is 4.39. The third-order valence-corrected chi connectivity index (χ3v) is 7.86. The molecule has 196 valence electrons. The molecule has 1 aliphatic rings. The molecule has 0 radical (unpaired) electrons. The topological polar surface area (TPSA) is 104 Å². The number of hydrogen-bond acceptors (Lipinski definition) is 8. The van der Waals surface area contributed by atoms with Crippen LogP contribution < -0.4 is 10.2 Å². The first-order valence-electron chi connectivity index (χ1n) is 11.4. The first kappa shape index (κ1) is 26.8. The minimum Gasteiger partial charge on any atom is -0.593 e. The van der Waals surface area contributed by atoms with Crippen molar-refractivity contribution in [2.45, 2.75) is 30.0 Å². The molecule has 0 spiro atoms. The van der Waals surface area contributed by atoms with Gasteiger partial charge >= 0.3 is 6.18 Å². The number of fused-ring (bicyclic) bond motifs is 1. The minimum absolute atomic E-state index is 0.258. The van der Waals surface area contributed by atoms with Gasteiger partial charge in [-0.15, -0.1) is 14.5 Å². The van der Waals surface area contributed by atoms with Gasteiger partial charge in [-0.3, -0.25) is 4.98 Å². The molecule has 2 aromatic heterocycles. The summed E-state index contributed by atoms with van der Waals surface area (Å²) in [6, 6.07) is 3.76. The van der Waals surface area contributed by atoms with Crippen molar-refractivity contribution in [1.82, 2.24) is 24.8 Å². The number of rotatable bonds is 7. The van der Waals surface area contributed by atoms with E-state index in [0.29, 0.717) is 49.2 Å². The highest BCUT2D eigenvalue weighted by Crippen LogP contribution is 2.37. The van der Waals surface area contributed by atoms with Crippen LogP contribution in [0.4, 0.5) is 23.4 Å². The molecule has 8 nitrogen and oxygen atoms in total. The molecule has 1 aliphatic heterocycles. The largest absolute Gasteiger partial charge is 0.593 e. The zero-order chi connectivity index (χ0) is 26.7. The zero-order valence-corrected chi connectivity index (χ0v) is 20.9. The number of halogens is 4. The monoisotopic (exact) mass is 535 g/mol. The van der Waals surface area contributed by atoms with Crippen LogP contribution in [-0.2, 0) is 17.5 Å². The van der Waals surface area contributed by atoms with Crippen molar-refractivity contribution in [3.63, 3.8) is 0 Å². The number of hydrogen-bond donors (Lipinski definition) is 2. The van der Waals surface area contributed by atoms with E-state index < -0.39 is 33.8 Å². The Labute approximate surface area is 214 Å². The summed E-state index contributed by atoms with van der Waals surface area (Å²) >= 11 is -2.12. The van der Waals surface area contributed by atoms with Crippen molar-refractivity contribution in [1.29, 1.82) is 5.41 Å². The average Bonchev–Trinajstić information content (AvgIpc) is 2.90. The molecule has 1 atom stereocenters. The van der Waals surface area contributed by atoms with E-state index in [2.05, 4.69) is 20.5 Å². The lowest BCUT2D eigenvalue weighted by Gasteiger charge is -2.37. The van der Waals surface area contributed by atoms with Crippen LogP contribution in [0.3, 0.4) is 0 Å². The molecule has 2 N–H and O–H groups in total. The molecule has 0 aliphatic carbocycles. The molecule has 37 heavy (non-hydrogen) atoms. The molecule has 3 aromatic rings. The molecular formula is C24H25F4N7OS. The third kappa shape index (κ3) is 5.53. The number of nitrogens with zero attached hydrogens (tertiary/aromatic N) is 5. The summed E-state index contributed by atoms with van der Waals surface area (Å²) in [5, 5.41) is 20.8. The summed E-state index contributed by atoms with van der Waals surface area (Å²) in [4.78, 5) is 5.79. The van der Waals surface area contributed by atoms with E-state index in [-0.39, 0.29) is 6.04 Å². The van der Waals surface area contributed by atoms with Gasteiger partial charge in [-0.1, -0.05) is 0 Å². The van der Waals surface area contributed by atoms with Crippen molar-refractivity contribution in [2.24, 2.45) is 0 Å². The first-order valence-corrected chi connectivity index (χ1v) is 12.5. The maximum Gasteiger partial charge on any atom is 0.421 e. The Hall–Kier alpha value is -3.29. The van der Waals surface area contributed by atoms with Gasteiger partial charge in [0.25, 0.3) is 0 Å². The molecule has 3 heterocycles. The quantitative estimate of drug-likeness (QED) is 0.268. The van der Waals surface area contributed by atoms with Crippen molar-refractivity contribution in [2.75, 3.05) is 32.1 Å². The normalized spacial score (nSPS) is 16.3. The van der Waals surface area contributed by atoms with Crippen LogP contribution in [0.1, 0.15) is 24.1 Å². The molecule has 0 bridgehead atoms. The Morgan fingerprint density at radius 1 is 1.22 bits per heavy atom. The molecule has 1 fully saturated rings. The van der Waals surface area contributed by atoms with Crippen LogP contribution >= 0.6 is 0 Å². The Balaban J connectivity index is 1.54. The second-order valence-electron chi connectivity index (χ2n) is 8.44. The van der Waals surface area contributed by atoms with E-state index in [1.807, 2.05) is 11.0 Å². The summed E-state index contributed by atoms with van der Waals surface area (Å²) in [6.07, 6.45) is 2.30. The highest BCUT2D eigenvalue weighted by Gasteiger charge is 2.41. The number of benzene rings is 1. The number of aromatic nitrogens is 3. The summed E-state index contributed by atoms with van der Waals surface area (Å²) in [5.41, 5.74) is -0.0218. The van der Waals surface area contributed by atoms with Crippen LogP contribution in [0.5, 0.6) is 0 Å². The van der Waals surface area contributed by atoms with Gasteiger partial charge in [0.05, 0.1) is 23.1 Å². The Morgan fingerprint density at radius 2 is 1.95 bits per heavy atom. The fourth-order valence-corrected chi connectivity index (χ4v) is 5.73. The van der Waals surface area contributed by atoms with Gasteiger partial charge in [0, 0.05) is 56.6 Å². The van der Waals surface area contributed by atoms with Crippen LogP contribution in [0, 0.1) is 11.2 Å². The lowest BCUT2D eigenvalue weighted by molar-refractivity contribution is -0.140. The van der Waals surface area contributed by atoms with Gasteiger partial charge in [-0.05, 0) is 43.2 Å². The molecule has 1 aromatic carbocycles. The Kier molecular flexibility index (Phi) is 7.95. The van der Waals surface area contributed by atoms with Crippen molar-refractivity contribution in [3.05, 3.63) is 59.8 Å². The van der Waals surface area contributed by atoms with Crippen molar-refractivity contribution < 1.29 is 22.1 Å². The molecule has 0 saturated carbocycles. The van der Waals surface area contributed by atoms with E-state index in [0.717, 1.165) is 29.1 Å². The number of allylic oxidation sites excluding steroid dienone is 1. The van der Waals surface area contributed by atoms with Crippen LogP contribution in [0.2, 0.25) is 0 Å².